The van der Waals surface area contributed by atoms with Crippen molar-refractivity contribution in [3.05, 3.63) is 84.4 Å². The van der Waals surface area contributed by atoms with Gasteiger partial charge in [0.15, 0.2) is 0 Å². The van der Waals surface area contributed by atoms with Crippen LogP contribution in [-0.4, -0.2) is 27.8 Å². The fraction of sp³-hybridized carbons (Fsp3) is 0.353. The number of rotatable bonds is 5. The molecule has 9 rings (SSSR count). The molecule has 3 aromatic carbocycles. The molecule has 4 heteroatoms. The van der Waals surface area contributed by atoms with E-state index in [-0.39, 0.29) is 0 Å². The Bertz CT molecular complexity index is 1620. The predicted molar refractivity (Wildman–Crippen MR) is 154 cm³/mol. The number of H-pyrrole nitrogens is 1. The third-order valence-electron chi connectivity index (χ3n) is 10.0. The molecule has 188 valence electrons. The summed E-state index contributed by atoms with van der Waals surface area (Å²) in [5.74, 6) is 4.69. The molecule has 0 radical (unpaired) electrons. The topological polar surface area (TPSA) is 53.1 Å². The first-order chi connectivity index (χ1) is 18.7. The zero-order chi connectivity index (χ0) is 24.8. The van der Waals surface area contributed by atoms with E-state index < -0.39 is 0 Å². The molecule has 0 spiro atoms. The van der Waals surface area contributed by atoms with E-state index in [2.05, 4.69) is 77.2 Å². The minimum Gasteiger partial charge on any atom is -0.342 e. The maximum Gasteiger partial charge on any atom is 0.109 e. The van der Waals surface area contributed by atoms with E-state index in [1.54, 1.807) is 0 Å². The molecule has 2 N–H and O–H groups in total. The second kappa shape index (κ2) is 8.00. The molecule has 2 aliphatic heterocycles. The van der Waals surface area contributed by atoms with Gasteiger partial charge >= 0.3 is 0 Å². The highest BCUT2D eigenvalue weighted by molar-refractivity contribution is 6.02. The normalized spacial score (nSPS) is 30.7. The largest absolute Gasteiger partial charge is 0.342 e. The van der Waals surface area contributed by atoms with E-state index >= 15 is 0 Å². The Morgan fingerprint density at radius 1 is 0.684 bits per heavy atom. The first-order valence-corrected chi connectivity index (χ1v) is 14.4. The summed E-state index contributed by atoms with van der Waals surface area (Å²) in [4.78, 5) is 13.2. The molecule has 3 saturated carbocycles. The Hall–Kier alpha value is -3.50. The van der Waals surface area contributed by atoms with Crippen LogP contribution in [-0.2, 0) is 0 Å². The number of fused-ring (bicyclic) bond motifs is 3. The van der Waals surface area contributed by atoms with Crippen molar-refractivity contribution in [2.24, 2.45) is 22.7 Å². The third-order valence-corrected chi connectivity index (χ3v) is 10.0. The smallest absolute Gasteiger partial charge is 0.109 e. The fourth-order valence-corrected chi connectivity index (χ4v) is 7.51. The van der Waals surface area contributed by atoms with E-state index in [1.807, 2.05) is 6.20 Å². The fourth-order valence-electron chi connectivity index (χ4n) is 7.51. The third kappa shape index (κ3) is 3.61. The summed E-state index contributed by atoms with van der Waals surface area (Å²) in [7, 11) is 0. The molecular weight excluding hydrogens is 464 g/mol. The summed E-state index contributed by atoms with van der Waals surface area (Å²) in [5.41, 5.74) is 8.81. The second-order valence-corrected chi connectivity index (χ2v) is 12.5. The lowest BCUT2D eigenvalue weighted by molar-refractivity contribution is 0.596. The molecule has 4 nitrogen and oxygen atoms in total. The van der Waals surface area contributed by atoms with Gasteiger partial charge in [0.25, 0.3) is 0 Å². The van der Waals surface area contributed by atoms with E-state index in [4.69, 9.17) is 9.98 Å². The van der Waals surface area contributed by atoms with Crippen molar-refractivity contribution in [3.63, 3.8) is 0 Å². The van der Waals surface area contributed by atoms with Crippen molar-refractivity contribution in [2.45, 2.75) is 56.5 Å². The molecule has 5 aliphatic rings. The first kappa shape index (κ1) is 21.4. The first-order valence-electron chi connectivity index (χ1n) is 14.4. The number of hydrogen-bond acceptors (Lipinski definition) is 3. The molecule has 1 unspecified atom stereocenters. The monoisotopic (exact) mass is 496 g/mol. The zero-order valence-corrected chi connectivity index (χ0v) is 21.5. The second-order valence-electron chi connectivity index (χ2n) is 12.5. The number of nitrogens with one attached hydrogen (secondary N) is 2. The number of aliphatic imine (C=N–C) groups is 1. The SMILES string of the molecule is C1=C(c2ccc(-c3ccc4cc(-c5cnc(C6C[C@@H]7C[C@@H]7C6)[nH]5)ccc4c3)cc2)CC([C@@H]2C[C@@H]3C[C@@H]3N2)=N1. The number of hydrogen-bond donors (Lipinski definition) is 2. The Morgan fingerprint density at radius 3 is 2.21 bits per heavy atom. The summed E-state index contributed by atoms with van der Waals surface area (Å²) >= 11 is 0. The number of piperidine rings is 1. The van der Waals surface area contributed by atoms with Crippen LogP contribution in [0.1, 0.15) is 55.8 Å². The lowest BCUT2D eigenvalue weighted by atomic mass is 9.95. The highest BCUT2D eigenvalue weighted by Gasteiger charge is 2.47. The van der Waals surface area contributed by atoms with Crippen LogP contribution in [0.4, 0.5) is 0 Å². The van der Waals surface area contributed by atoms with Crippen molar-refractivity contribution in [3.8, 4) is 22.4 Å². The molecular formula is C34H32N4. The minimum absolute atomic E-state index is 0.498. The van der Waals surface area contributed by atoms with Crippen LogP contribution in [0.3, 0.4) is 0 Å². The van der Waals surface area contributed by atoms with Gasteiger partial charge in [-0.1, -0.05) is 48.5 Å². The van der Waals surface area contributed by atoms with Crippen LogP contribution < -0.4 is 5.32 Å². The Morgan fingerprint density at radius 2 is 1.42 bits per heavy atom. The predicted octanol–water partition coefficient (Wildman–Crippen LogP) is 7.35. The van der Waals surface area contributed by atoms with E-state index in [0.29, 0.717) is 12.0 Å². The highest BCUT2D eigenvalue weighted by Crippen LogP contribution is 2.57. The van der Waals surface area contributed by atoms with Crippen LogP contribution in [0.25, 0.3) is 38.7 Å². The van der Waals surface area contributed by atoms with Gasteiger partial charge in [-0.05, 0) is 95.0 Å². The molecule has 3 aliphatic carbocycles. The van der Waals surface area contributed by atoms with Gasteiger partial charge in [0.1, 0.15) is 5.82 Å². The van der Waals surface area contributed by atoms with Gasteiger partial charge in [0.2, 0.25) is 0 Å². The average Bonchev–Trinajstić information content (AvgIpc) is 3.52. The van der Waals surface area contributed by atoms with Crippen molar-refractivity contribution in [1.29, 1.82) is 0 Å². The maximum absolute atomic E-state index is 4.79. The Labute approximate surface area is 223 Å². The minimum atomic E-state index is 0.498. The molecule has 0 amide bonds. The van der Waals surface area contributed by atoms with E-state index in [1.165, 1.54) is 82.2 Å². The summed E-state index contributed by atoms with van der Waals surface area (Å²) in [6.07, 6.45) is 11.8. The van der Waals surface area contributed by atoms with Crippen LogP contribution in [0.2, 0.25) is 0 Å². The van der Waals surface area contributed by atoms with Gasteiger partial charge in [-0.2, -0.15) is 0 Å². The number of imidazole rings is 1. The van der Waals surface area contributed by atoms with Crippen LogP contribution in [0.15, 0.2) is 78.1 Å². The van der Waals surface area contributed by atoms with Gasteiger partial charge in [-0.25, -0.2) is 4.98 Å². The molecule has 1 aromatic heterocycles. The average molecular weight is 497 g/mol. The van der Waals surface area contributed by atoms with Gasteiger partial charge < -0.3 is 10.3 Å². The van der Waals surface area contributed by atoms with E-state index in [9.17, 15) is 0 Å². The maximum atomic E-state index is 4.79. The van der Waals surface area contributed by atoms with Crippen molar-refractivity contribution in [2.75, 3.05) is 0 Å². The summed E-state index contributed by atoms with van der Waals surface area (Å²) in [5, 5.41) is 6.28. The lowest BCUT2D eigenvalue weighted by Gasteiger charge is -2.14. The number of benzene rings is 3. The van der Waals surface area contributed by atoms with E-state index in [0.717, 1.165) is 35.9 Å². The molecule has 6 atom stereocenters. The number of allylic oxidation sites excluding steroid dienone is 1. The quantitative estimate of drug-likeness (QED) is 0.304. The molecule has 4 aromatic rings. The molecule has 4 fully saturated rings. The van der Waals surface area contributed by atoms with Gasteiger partial charge in [0.05, 0.1) is 11.9 Å². The summed E-state index contributed by atoms with van der Waals surface area (Å²) in [6.45, 7) is 0. The van der Waals surface area contributed by atoms with Crippen LogP contribution in [0, 0.1) is 17.8 Å². The number of aromatic nitrogens is 2. The molecule has 1 saturated heterocycles. The van der Waals surface area contributed by atoms with Crippen LogP contribution >= 0.6 is 0 Å². The van der Waals surface area contributed by atoms with Crippen molar-refractivity contribution in [1.82, 2.24) is 15.3 Å². The Balaban J connectivity index is 0.911. The molecule has 0 bridgehead atoms. The van der Waals surface area contributed by atoms with Crippen LogP contribution in [0.5, 0.6) is 0 Å². The molecule has 38 heavy (non-hydrogen) atoms. The molecule has 3 heterocycles. The van der Waals surface area contributed by atoms with Gasteiger partial charge in [-0.3, -0.25) is 4.99 Å². The number of nitrogens with zero attached hydrogens (tertiary/aromatic N) is 2. The van der Waals surface area contributed by atoms with Gasteiger partial charge in [0, 0.05) is 41.9 Å². The Kier molecular flexibility index (Phi) is 4.51. The zero-order valence-electron chi connectivity index (χ0n) is 21.5. The number of aromatic amines is 1. The standard InChI is InChI=1S/C34H32N4/c1-3-20(29-16-31(35-17-29)32-15-27-14-30(27)37-32)4-2-19(1)21-5-6-23-10-24(8-7-22(23)9-21)33-18-36-34(38-33)28-12-25-11-26(25)13-28/h1-10,17-18,25-28,30,32,37H,11-16H2,(H,36,38)/t25-,26+,27-,28?,30-,32-/m0/s1. The summed E-state index contributed by atoms with van der Waals surface area (Å²) < 4.78 is 0. The van der Waals surface area contributed by atoms with Crippen molar-refractivity contribution >= 4 is 22.1 Å². The van der Waals surface area contributed by atoms with Gasteiger partial charge in [-0.15, -0.1) is 0 Å². The summed E-state index contributed by atoms with van der Waals surface area (Å²) in [6, 6.07) is 23.9. The highest BCUT2D eigenvalue weighted by atomic mass is 15.1. The lowest BCUT2D eigenvalue weighted by Crippen LogP contribution is -2.33. The van der Waals surface area contributed by atoms with Crippen molar-refractivity contribution < 1.29 is 0 Å².